The van der Waals surface area contributed by atoms with E-state index in [1.165, 1.54) is 83.5 Å². The van der Waals surface area contributed by atoms with Crippen molar-refractivity contribution in [3.05, 3.63) is 146 Å². The standard InChI is InChI=1S/C70H113NO8/c1-6-8-10-12-14-16-18-20-22-24-26-27-28-29-30-31-32-33-34-35-36-37-38-39-40-41-43-45-47-49-51-53-55-57-59-61-68(73)79-66(65-78-70(69(74)75)76-63-62-71(3,4)5)64-77-67(72)60-58-56-54-52-50-48-46-44-42-25-23-21-19-17-15-13-11-9-7-2/h8-11,14-17,20-23,26-27,29-30,32-33,42,44,48,50,54,56,66,70H,6-7,12-13,18-19,24-25,28,31,34-41,43,45-47,49,51-53,55,57-65H2,1-5H3/p+1/b10-8-,11-9-,16-14-,17-15-,22-20-,23-21-,27-26-,30-29-,33-32-,44-42-,50-48-,56-54-. The van der Waals surface area contributed by atoms with Crippen LogP contribution in [0.2, 0.25) is 0 Å². The molecule has 0 aromatic carbocycles. The van der Waals surface area contributed by atoms with E-state index >= 15 is 0 Å². The van der Waals surface area contributed by atoms with Gasteiger partial charge in [0, 0.05) is 12.8 Å². The van der Waals surface area contributed by atoms with Crippen molar-refractivity contribution in [3.8, 4) is 0 Å². The molecule has 0 spiro atoms. The van der Waals surface area contributed by atoms with Gasteiger partial charge in [0.05, 0.1) is 34.4 Å². The number of hydrogen-bond acceptors (Lipinski definition) is 7. The van der Waals surface area contributed by atoms with Crippen LogP contribution in [0.3, 0.4) is 0 Å². The van der Waals surface area contributed by atoms with Gasteiger partial charge in [-0.2, -0.15) is 0 Å². The lowest BCUT2D eigenvalue weighted by Crippen LogP contribution is -2.40. The number of aliphatic carboxylic acids is 1. The molecule has 0 aliphatic carbocycles. The second kappa shape index (κ2) is 59.3. The maximum Gasteiger partial charge on any atom is 0.361 e. The van der Waals surface area contributed by atoms with E-state index in [0.717, 1.165) is 96.3 Å². The predicted octanol–water partition coefficient (Wildman–Crippen LogP) is 18.8. The number of likely N-dealkylation sites (N-methyl/N-ethyl adjacent to an activating group) is 1. The quantitative estimate of drug-likeness (QED) is 0.0211. The fraction of sp³-hybridized carbons (Fsp3) is 0.614. The SMILES string of the molecule is CC/C=C\C/C=C\C/C=C\C/C=C\C/C=C\C/C=C\CCCCCCCCCCCCCCCCCCC(=O)OC(COC(=O)CC/C=C\C/C=C\C/C=C\C/C=C\C/C=C\C/C=C\CC)COC(OCC[N+](C)(C)C)C(=O)O. The number of allylic oxidation sites excluding steroid dienone is 24. The van der Waals surface area contributed by atoms with Crippen LogP contribution in [0.1, 0.15) is 219 Å². The first-order valence-electron chi connectivity index (χ1n) is 31.0. The lowest BCUT2D eigenvalue weighted by molar-refractivity contribution is -0.870. The normalized spacial score (nSPS) is 13.8. The summed E-state index contributed by atoms with van der Waals surface area (Å²) in [5, 5.41) is 9.71. The Morgan fingerprint density at radius 3 is 1.06 bits per heavy atom. The van der Waals surface area contributed by atoms with Gasteiger partial charge in [-0.3, -0.25) is 9.59 Å². The second-order valence-electron chi connectivity index (χ2n) is 21.2. The van der Waals surface area contributed by atoms with Crippen molar-refractivity contribution in [1.82, 2.24) is 0 Å². The topological polar surface area (TPSA) is 108 Å². The molecule has 0 aromatic rings. The van der Waals surface area contributed by atoms with Gasteiger partial charge in [-0.05, 0) is 103 Å². The van der Waals surface area contributed by atoms with E-state index in [0.29, 0.717) is 23.9 Å². The molecule has 0 rings (SSSR count). The molecule has 0 aliphatic rings. The number of ether oxygens (including phenoxy) is 4. The molecule has 0 fully saturated rings. The predicted molar refractivity (Wildman–Crippen MR) is 336 cm³/mol. The average Bonchev–Trinajstić information content (AvgIpc) is 3.42. The minimum absolute atomic E-state index is 0.170. The highest BCUT2D eigenvalue weighted by Gasteiger charge is 2.25. The summed E-state index contributed by atoms with van der Waals surface area (Å²) in [6.07, 6.45) is 83.9. The second-order valence-corrected chi connectivity index (χ2v) is 21.2. The highest BCUT2D eigenvalue weighted by Crippen LogP contribution is 2.16. The third kappa shape index (κ3) is 60.7. The van der Waals surface area contributed by atoms with Crippen LogP contribution in [-0.4, -0.2) is 87.4 Å². The number of rotatable bonds is 55. The van der Waals surface area contributed by atoms with Gasteiger partial charge < -0.3 is 28.5 Å². The smallest absolute Gasteiger partial charge is 0.361 e. The van der Waals surface area contributed by atoms with Crippen LogP contribution in [0.4, 0.5) is 0 Å². The van der Waals surface area contributed by atoms with Gasteiger partial charge in [0.15, 0.2) is 6.10 Å². The number of nitrogens with zero attached hydrogens (tertiary/aromatic N) is 1. The Morgan fingerprint density at radius 2 is 0.709 bits per heavy atom. The van der Waals surface area contributed by atoms with Crippen molar-refractivity contribution in [1.29, 1.82) is 0 Å². The summed E-state index contributed by atoms with van der Waals surface area (Å²) in [4.78, 5) is 37.4. The molecule has 9 nitrogen and oxygen atoms in total. The number of unbranched alkanes of at least 4 members (excludes halogenated alkanes) is 16. The Labute approximate surface area is 483 Å². The molecule has 0 saturated carbocycles. The Morgan fingerprint density at radius 1 is 0.380 bits per heavy atom. The van der Waals surface area contributed by atoms with Gasteiger partial charge in [-0.25, -0.2) is 4.79 Å². The van der Waals surface area contributed by atoms with Gasteiger partial charge in [0.25, 0.3) is 6.29 Å². The van der Waals surface area contributed by atoms with Gasteiger partial charge in [0.1, 0.15) is 13.2 Å². The summed E-state index contributed by atoms with van der Waals surface area (Å²) < 4.78 is 22.8. The van der Waals surface area contributed by atoms with Gasteiger partial charge >= 0.3 is 17.9 Å². The first-order chi connectivity index (χ1) is 38.6. The van der Waals surface area contributed by atoms with Gasteiger partial charge in [-0.15, -0.1) is 0 Å². The summed E-state index contributed by atoms with van der Waals surface area (Å²) in [6.45, 7) is 4.55. The average molecular weight is 1100 g/mol. The van der Waals surface area contributed by atoms with Crippen molar-refractivity contribution < 1.29 is 42.9 Å². The van der Waals surface area contributed by atoms with E-state index in [1.807, 2.05) is 33.3 Å². The van der Waals surface area contributed by atoms with Crippen molar-refractivity contribution in [3.63, 3.8) is 0 Å². The van der Waals surface area contributed by atoms with Crippen LogP contribution in [0.25, 0.3) is 0 Å². The van der Waals surface area contributed by atoms with Crippen LogP contribution < -0.4 is 0 Å². The number of carbonyl (C=O) groups excluding carboxylic acids is 2. The molecule has 0 bridgehead atoms. The molecule has 79 heavy (non-hydrogen) atoms. The number of carboxylic acid groups (broad SMARTS) is 1. The molecule has 9 heteroatoms. The number of carbonyl (C=O) groups is 3. The summed E-state index contributed by atoms with van der Waals surface area (Å²) in [5.74, 6) is -2.13. The fourth-order valence-electron chi connectivity index (χ4n) is 7.92. The molecular formula is C70H114NO8+. The number of quaternary nitrogens is 1. The van der Waals surface area contributed by atoms with Crippen LogP contribution in [0.5, 0.6) is 0 Å². The van der Waals surface area contributed by atoms with Crippen molar-refractivity contribution in [2.24, 2.45) is 0 Å². The van der Waals surface area contributed by atoms with E-state index in [-0.39, 0.29) is 32.7 Å². The molecule has 0 amide bonds. The molecule has 0 saturated heterocycles. The summed E-state index contributed by atoms with van der Waals surface area (Å²) in [5.41, 5.74) is 0. The number of esters is 2. The van der Waals surface area contributed by atoms with Gasteiger partial charge in [0.2, 0.25) is 0 Å². The first-order valence-corrected chi connectivity index (χ1v) is 31.0. The molecule has 446 valence electrons. The molecule has 2 atom stereocenters. The van der Waals surface area contributed by atoms with Crippen molar-refractivity contribution in [2.45, 2.75) is 232 Å². The number of carboxylic acids is 1. The molecule has 0 aliphatic heterocycles. The zero-order chi connectivity index (χ0) is 57.6. The third-order valence-electron chi connectivity index (χ3n) is 12.6. The maximum absolute atomic E-state index is 12.9. The third-order valence-corrected chi connectivity index (χ3v) is 12.6. The Bertz CT molecular complexity index is 1800. The lowest BCUT2D eigenvalue weighted by atomic mass is 10.0. The number of hydrogen-bond donors (Lipinski definition) is 1. The maximum atomic E-state index is 12.9. The van der Waals surface area contributed by atoms with Crippen molar-refractivity contribution in [2.75, 3.05) is 47.5 Å². The first kappa shape index (κ1) is 74.2. The molecule has 0 heterocycles. The van der Waals surface area contributed by atoms with E-state index < -0.39 is 30.3 Å². The molecule has 0 aromatic heterocycles. The largest absolute Gasteiger partial charge is 0.477 e. The highest BCUT2D eigenvalue weighted by molar-refractivity contribution is 5.71. The lowest BCUT2D eigenvalue weighted by Gasteiger charge is -2.25. The zero-order valence-corrected chi connectivity index (χ0v) is 50.7. The van der Waals surface area contributed by atoms with Crippen LogP contribution in [0, 0.1) is 0 Å². The molecule has 0 radical (unpaired) electrons. The molecule has 2 unspecified atom stereocenters. The Balaban J connectivity index is 4.22. The minimum atomic E-state index is -1.53. The van der Waals surface area contributed by atoms with Crippen LogP contribution in [0.15, 0.2) is 146 Å². The summed E-state index contributed by atoms with van der Waals surface area (Å²) in [6, 6.07) is 0. The molecular weight excluding hydrogens is 983 g/mol. The van der Waals surface area contributed by atoms with E-state index in [2.05, 4.69) is 148 Å². The minimum Gasteiger partial charge on any atom is -0.477 e. The van der Waals surface area contributed by atoms with Crippen molar-refractivity contribution >= 4 is 17.9 Å². The monoisotopic (exact) mass is 1100 g/mol. The molecule has 1 N–H and O–H groups in total. The highest BCUT2D eigenvalue weighted by atomic mass is 16.7. The van der Waals surface area contributed by atoms with Gasteiger partial charge in [-0.1, -0.05) is 250 Å². The Kier molecular flexibility index (Phi) is 55.7. The van der Waals surface area contributed by atoms with Crippen LogP contribution in [-0.2, 0) is 33.3 Å². The van der Waals surface area contributed by atoms with E-state index in [1.54, 1.807) is 0 Å². The Hall–Kier alpha value is -4.83. The summed E-state index contributed by atoms with van der Waals surface area (Å²) in [7, 11) is 5.94. The fourth-order valence-corrected chi connectivity index (χ4v) is 7.92. The van der Waals surface area contributed by atoms with E-state index in [9.17, 15) is 19.5 Å². The van der Waals surface area contributed by atoms with E-state index in [4.69, 9.17) is 18.9 Å². The summed E-state index contributed by atoms with van der Waals surface area (Å²) >= 11 is 0. The van der Waals surface area contributed by atoms with Crippen LogP contribution >= 0.6 is 0 Å². The zero-order valence-electron chi connectivity index (χ0n) is 50.7.